The fraction of sp³-hybridized carbons (Fsp3) is 0.600. The molecule has 0 aliphatic carbocycles. The van der Waals surface area contributed by atoms with E-state index in [2.05, 4.69) is 2.69 Å². The predicted octanol–water partition coefficient (Wildman–Crippen LogP) is -0.738. The molecule has 11 heavy (non-hydrogen) atoms. The van der Waals surface area contributed by atoms with Gasteiger partial charge in [0.15, 0.2) is 0 Å². The van der Waals surface area contributed by atoms with E-state index in [9.17, 15) is 9.59 Å². The van der Waals surface area contributed by atoms with Gasteiger partial charge in [0.05, 0.1) is 0 Å². The van der Waals surface area contributed by atoms with Crippen LogP contribution >= 0.6 is 0 Å². The van der Waals surface area contributed by atoms with Gasteiger partial charge in [0.25, 0.3) is 0 Å². The van der Waals surface area contributed by atoms with Gasteiger partial charge in [0, 0.05) is 0 Å². The van der Waals surface area contributed by atoms with Crippen molar-refractivity contribution < 1.29 is 22.5 Å². The molecule has 0 aliphatic heterocycles. The standard InChI is InChI=1S/C5H7O5.Pb/c6-2-1-3(4(7)8)5(9)10;/h3H,1-2H2,(H,7,8)(H,9,10);/q-1;+1. The minimum absolute atomic E-state index is 0.0359. The van der Waals surface area contributed by atoms with E-state index in [1.807, 2.05) is 0 Å². The number of aliphatic carboxylic acids is 2. The molecule has 0 amide bonds. The molecule has 0 aliphatic rings. The Balaban J connectivity index is 3.90. The second-order valence-corrected chi connectivity index (χ2v) is 2.99. The number of rotatable bonds is 5. The van der Waals surface area contributed by atoms with Crippen molar-refractivity contribution in [3.05, 3.63) is 0 Å². The molecule has 0 heterocycles. The Morgan fingerprint density at radius 2 is 1.82 bits per heavy atom. The monoisotopic (exact) mass is 355 g/mol. The van der Waals surface area contributed by atoms with E-state index in [1.54, 1.807) is 0 Å². The molecular formula is C5H7O5Pb. The zero-order valence-corrected chi connectivity index (χ0v) is 9.50. The summed E-state index contributed by atoms with van der Waals surface area (Å²) >= 11 is 0.500. The third-order valence-corrected chi connectivity index (χ3v) is 1.90. The Morgan fingerprint density at radius 1 is 1.36 bits per heavy atom. The summed E-state index contributed by atoms with van der Waals surface area (Å²) in [6.07, 6.45) is 0.0359. The van der Waals surface area contributed by atoms with Crippen molar-refractivity contribution >= 4 is 38.2 Å². The van der Waals surface area contributed by atoms with E-state index in [0.29, 0.717) is 26.2 Å². The van der Waals surface area contributed by atoms with Gasteiger partial charge in [-0.3, -0.25) is 0 Å². The third kappa shape index (κ3) is 4.30. The molecule has 0 rings (SSSR count). The fourth-order valence-corrected chi connectivity index (χ4v) is 0.987. The van der Waals surface area contributed by atoms with Crippen LogP contribution in [0.15, 0.2) is 0 Å². The molecule has 61 valence electrons. The number of hydrogen-bond acceptors (Lipinski definition) is 3. The van der Waals surface area contributed by atoms with E-state index in [4.69, 9.17) is 10.2 Å². The number of carboxylic acids is 2. The van der Waals surface area contributed by atoms with Gasteiger partial charge in [-0.15, -0.1) is 0 Å². The fourth-order valence-electron chi connectivity index (χ4n) is 0.529. The Hall–Kier alpha value is -0.178. The van der Waals surface area contributed by atoms with Crippen LogP contribution in [0.5, 0.6) is 0 Å². The van der Waals surface area contributed by atoms with Gasteiger partial charge >= 0.3 is 79.6 Å². The molecule has 0 saturated carbocycles. The van der Waals surface area contributed by atoms with Gasteiger partial charge in [-0.05, 0) is 0 Å². The van der Waals surface area contributed by atoms with E-state index in [0.717, 1.165) is 0 Å². The van der Waals surface area contributed by atoms with Crippen LogP contribution in [0.4, 0.5) is 0 Å². The van der Waals surface area contributed by atoms with Crippen molar-refractivity contribution in [1.82, 2.24) is 0 Å². The average Bonchev–Trinajstić information content (AvgIpc) is 1.87. The van der Waals surface area contributed by atoms with Crippen LogP contribution in [0.2, 0.25) is 0 Å². The first-order chi connectivity index (χ1) is 5.09. The van der Waals surface area contributed by atoms with Crippen molar-refractivity contribution in [2.75, 3.05) is 6.61 Å². The van der Waals surface area contributed by atoms with E-state index < -0.39 is 17.9 Å². The molecule has 0 unspecified atom stereocenters. The number of hydrogen-bond donors (Lipinski definition) is 2. The first-order valence-electron chi connectivity index (χ1n) is 2.83. The summed E-state index contributed by atoms with van der Waals surface area (Å²) in [5.41, 5.74) is 0. The molecule has 0 atom stereocenters. The second kappa shape index (κ2) is 5.47. The molecular weight excluding hydrogens is 347 g/mol. The maximum atomic E-state index is 10.2. The molecule has 5 nitrogen and oxygen atoms in total. The van der Waals surface area contributed by atoms with Crippen LogP contribution < -0.4 is 0 Å². The van der Waals surface area contributed by atoms with Gasteiger partial charge in [-0.2, -0.15) is 0 Å². The molecule has 0 aromatic heterocycles. The third-order valence-electron chi connectivity index (χ3n) is 1.10. The molecule has 0 saturated heterocycles. The Labute approximate surface area is 79.7 Å². The van der Waals surface area contributed by atoms with Crippen LogP contribution in [-0.2, 0) is 12.3 Å². The summed E-state index contributed by atoms with van der Waals surface area (Å²) in [4.78, 5) is 20.4. The molecule has 6 heteroatoms. The summed E-state index contributed by atoms with van der Waals surface area (Å²) in [5.74, 6) is -3.95. The van der Waals surface area contributed by atoms with Crippen LogP contribution in [0, 0.1) is 5.92 Å². The topological polar surface area (TPSA) is 83.8 Å². The normalized spacial score (nSPS) is 10.0. The average molecular weight is 354 g/mol. The summed E-state index contributed by atoms with van der Waals surface area (Å²) < 4.78 is 4.68. The summed E-state index contributed by atoms with van der Waals surface area (Å²) in [7, 11) is 0. The summed E-state index contributed by atoms with van der Waals surface area (Å²) in [6.45, 7) is 0.204. The zero-order chi connectivity index (χ0) is 8.85. The molecule has 0 aromatic carbocycles. The minimum atomic E-state index is -1.33. The van der Waals surface area contributed by atoms with Crippen LogP contribution in [-0.4, -0.2) is 55.0 Å². The molecule has 0 fully saturated rings. The second-order valence-electron chi connectivity index (χ2n) is 1.87. The Morgan fingerprint density at radius 3 is 2.09 bits per heavy atom. The van der Waals surface area contributed by atoms with Gasteiger partial charge in [0.1, 0.15) is 0 Å². The molecule has 3 radical (unpaired) electrons. The quantitative estimate of drug-likeness (QED) is 0.502. The van der Waals surface area contributed by atoms with Crippen molar-refractivity contribution in [3.63, 3.8) is 0 Å². The van der Waals surface area contributed by atoms with E-state index in [-0.39, 0.29) is 13.0 Å². The first kappa shape index (κ1) is 10.8. The summed E-state index contributed by atoms with van der Waals surface area (Å²) in [6, 6.07) is 0. The SMILES string of the molecule is O=C(O)C(CC[O][Pb])C(=O)O. The van der Waals surface area contributed by atoms with E-state index >= 15 is 0 Å². The molecule has 0 bridgehead atoms. The summed E-state index contributed by atoms with van der Waals surface area (Å²) in [5, 5.41) is 16.7. The number of carboxylic acid groups (broad SMARTS) is 2. The molecule has 2 N–H and O–H groups in total. The van der Waals surface area contributed by atoms with Gasteiger partial charge in [0.2, 0.25) is 0 Å². The number of carbonyl (C=O) groups is 2. The van der Waals surface area contributed by atoms with Crippen LogP contribution in [0.25, 0.3) is 0 Å². The van der Waals surface area contributed by atoms with Gasteiger partial charge in [-0.1, -0.05) is 0 Å². The Bertz CT molecular complexity index is 143. The molecule has 0 spiro atoms. The molecule has 0 aromatic rings. The van der Waals surface area contributed by atoms with Crippen LogP contribution in [0.3, 0.4) is 0 Å². The zero-order valence-electron chi connectivity index (χ0n) is 5.61. The van der Waals surface area contributed by atoms with Crippen molar-refractivity contribution in [2.45, 2.75) is 6.42 Å². The maximum absolute atomic E-state index is 10.2. The van der Waals surface area contributed by atoms with E-state index in [1.165, 1.54) is 0 Å². The van der Waals surface area contributed by atoms with Gasteiger partial charge < -0.3 is 0 Å². The van der Waals surface area contributed by atoms with Crippen LogP contribution in [0.1, 0.15) is 6.42 Å². The van der Waals surface area contributed by atoms with Crippen molar-refractivity contribution in [2.24, 2.45) is 5.92 Å². The van der Waals surface area contributed by atoms with Gasteiger partial charge in [-0.25, -0.2) is 0 Å². The predicted molar refractivity (Wildman–Crippen MR) is 35.1 cm³/mol. The van der Waals surface area contributed by atoms with Crippen molar-refractivity contribution in [1.29, 1.82) is 0 Å². The Kier molecular flexibility index (Phi) is 5.38. The first-order valence-corrected chi connectivity index (χ1v) is 4.42. The van der Waals surface area contributed by atoms with Crippen molar-refractivity contribution in [3.8, 4) is 0 Å².